The molecule has 0 atom stereocenters. The van der Waals surface area contributed by atoms with Gasteiger partial charge in [0.05, 0.1) is 0 Å². The minimum Gasteiger partial charge on any atom is -0.0991 e. The lowest BCUT2D eigenvalue weighted by atomic mass is 10.3. The first-order valence-corrected chi connectivity index (χ1v) is 2.89. The van der Waals surface area contributed by atoms with Crippen molar-refractivity contribution in [3.63, 3.8) is 0 Å². The van der Waals surface area contributed by atoms with E-state index in [0.29, 0.717) is 5.03 Å². The molecule has 0 aromatic rings. The molecule has 0 saturated heterocycles. The van der Waals surface area contributed by atoms with Crippen molar-refractivity contribution in [2.75, 3.05) is 0 Å². The van der Waals surface area contributed by atoms with Crippen molar-refractivity contribution in [1.82, 2.24) is 0 Å². The van der Waals surface area contributed by atoms with Crippen LogP contribution in [0.3, 0.4) is 0 Å². The number of hydrogen-bond donors (Lipinski definition) is 0. The predicted molar refractivity (Wildman–Crippen MR) is 43.5 cm³/mol. The molecule has 0 saturated carbocycles. The first-order chi connectivity index (χ1) is 4.18. The van der Waals surface area contributed by atoms with Gasteiger partial charge in [0.15, 0.2) is 0 Å². The van der Waals surface area contributed by atoms with Crippen LogP contribution in [0.1, 0.15) is 0 Å². The van der Waals surface area contributed by atoms with Crippen molar-refractivity contribution < 1.29 is 0 Å². The second-order valence-electron chi connectivity index (χ2n) is 1.52. The second kappa shape index (κ2) is 4.16. The number of allylic oxidation sites excluding steroid dienone is 5. The summed E-state index contributed by atoms with van der Waals surface area (Å²) in [6.45, 7) is 10.6. The molecule has 0 rings (SSSR count). The van der Waals surface area contributed by atoms with Gasteiger partial charge in [0.2, 0.25) is 0 Å². The molecule has 0 aliphatic rings. The number of rotatable bonds is 3. The lowest BCUT2D eigenvalue weighted by molar-refractivity contribution is 1.72. The van der Waals surface area contributed by atoms with E-state index in [0.717, 1.165) is 5.57 Å². The van der Waals surface area contributed by atoms with Gasteiger partial charge in [0.1, 0.15) is 0 Å². The number of hydrogen-bond acceptors (Lipinski definition) is 0. The molecule has 0 bridgehead atoms. The van der Waals surface area contributed by atoms with Crippen molar-refractivity contribution in [3.8, 4) is 0 Å². The summed E-state index contributed by atoms with van der Waals surface area (Å²) in [4.78, 5) is 0. The molecular weight excluding hydrogens is 132 g/mol. The highest BCUT2D eigenvalue weighted by Gasteiger charge is 1.86. The Balaban J connectivity index is 3.92. The van der Waals surface area contributed by atoms with Gasteiger partial charge in [0.25, 0.3) is 0 Å². The van der Waals surface area contributed by atoms with Crippen LogP contribution >= 0.6 is 11.6 Å². The fourth-order valence-electron chi connectivity index (χ4n) is 0.275. The van der Waals surface area contributed by atoms with Gasteiger partial charge in [0, 0.05) is 5.03 Å². The molecule has 1 heteroatoms. The predicted octanol–water partition coefficient (Wildman–Crippen LogP) is 3.04. The van der Waals surface area contributed by atoms with Gasteiger partial charge in [-0.1, -0.05) is 49.6 Å². The maximum absolute atomic E-state index is 5.48. The van der Waals surface area contributed by atoms with Gasteiger partial charge < -0.3 is 0 Å². The lowest BCUT2D eigenvalue weighted by Crippen LogP contribution is -1.69. The van der Waals surface area contributed by atoms with E-state index < -0.39 is 0 Å². The molecule has 9 heavy (non-hydrogen) atoms. The average Bonchev–Trinajstić information content (AvgIpc) is 1.82. The molecule has 48 valence electrons. The highest BCUT2D eigenvalue weighted by atomic mass is 35.5. The van der Waals surface area contributed by atoms with Crippen molar-refractivity contribution >= 4 is 11.6 Å². The third-order valence-electron chi connectivity index (χ3n) is 0.782. The van der Waals surface area contributed by atoms with Crippen molar-refractivity contribution in [2.24, 2.45) is 0 Å². The summed E-state index contributed by atoms with van der Waals surface area (Å²) in [7, 11) is 0. The van der Waals surface area contributed by atoms with Crippen LogP contribution in [0.25, 0.3) is 0 Å². The fraction of sp³-hybridized carbons (Fsp3) is 0. The van der Waals surface area contributed by atoms with Crippen LogP contribution in [0.4, 0.5) is 0 Å². The van der Waals surface area contributed by atoms with Gasteiger partial charge in [-0.25, -0.2) is 0 Å². The quantitative estimate of drug-likeness (QED) is 0.529. The molecule has 0 unspecified atom stereocenters. The summed E-state index contributed by atoms with van der Waals surface area (Å²) < 4.78 is 0. The zero-order chi connectivity index (χ0) is 7.28. The summed E-state index contributed by atoms with van der Waals surface area (Å²) in [6, 6.07) is 0. The highest BCUT2D eigenvalue weighted by molar-refractivity contribution is 6.31. The minimum absolute atomic E-state index is 0.466. The summed E-state index contributed by atoms with van der Waals surface area (Å²) in [6.07, 6.45) is 5.17. The Kier molecular flexibility index (Phi) is 3.81. The van der Waals surface area contributed by atoms with Crippen LogP contribution in [0.5, 0.6) is 0 Å². The molecule has 0 amide bonds. The van der Waals surface area contributed by atoms with E-state index in [1.54, 1.807) is 18.2 Å². The Bertz CT molecular complexity index is 163. The second-order valence-corrected chi connectivity index (χ2v) is 1.98. The lowest BCUT2D eigenvalue weighted by Gasteiger charge is -1.90. The maximum atomic E-state index is 5.48. The molecule has 0 aromatic carbocycles. The van der Waals surface area contributed by atoms with Crippen molar-refractivity contribution in [1.29, 1.82) is 0 Å². The average molecular weight is 141 g/mol. The van der Waals surface area contributed by atoms with Gasteiger partial charge in [-0.2, -0.15) is 0 Å². The van der Waals surface area contributed by atoms with Gasteiger partial charge >= 0.3 is 0 Å². The Morgan fingerprint density at radius 3 is 2.22 bits per heavy atom. The van der Waals surface area contributed by atoms with E-state index in [4.69, 9.17) is 11.6 Å². The van der Waals surface area contributed by atoms with Crippen LogP contribution in [0.15, 0.2) is 48.6 Å². The van der Waals surface area contributed by atoms with Crippen LogP contribution in [0, 0.1) is 0 Å². The Morgan fingerprint density at radius 1 is 1.33 bits per heavy atom. The standard InChI is InChI=1S/C8H9Cl/c1-4-5-6-7(2)8(3)9/h4-6H,1-3H2. The SMILES string of the molecule is C=CC=CC(=C)C(=C)Cl. The van der Waals surface area contributed by atoms with E-state index in [1.807, 2.05) is 0 Å². The third-order valence-corrected chi connectivity index (χ3v) is 1.02. The molecule has 0 N–H and O–H groups in total. The molecule has 0 heterocycles. The normalized spacial score (nSPS) is 9.44. The monoisotopic (exact) mass is 140 g/mol. The summed E-state index contributed by atoms with van der Waals surface area (Å²) in [5, 5.41) is 0.466. The molecule has 0 aliphatic carbocycles. The van der Waals surface area contributed by atoms with Crippen LogP contribution in [0.2, 0.25) is 0 Å². The third kappa shape index (κ3) is 3.80. The molecule has 0 spiro atoms. The smallest absolute Gasteiger partial charge is 0.0400 e. The van der Waals surface area contributed by atoms with E-state index >= 15 is 0 Å². The van der Waals surface area contributed by atoms with Crippen LogP contribution < -0.4 is 0 Å². The van der Waals surface area contributed by atoms with Crippen LogP contribution in [-0.2, 0) is 0 Å². The van der Waals surface area contributed by atoms with Crippen molar-refractivity contribution in [2.45, 2.75) is 0 Å². The molecule has 0 radical (unpaired) electrons. The topological polar surface area (TPSA) is 0 Å². The Morgan fingerprint density at radius 2 is 1.89 bits per heavy atom. The Hall–Kier alpha value is -0.750. The zero-order valence-corrected chi connectivity index (χ0v) is 5.99. The molecule has 0 aliphatic heterocycles. The first-order valence-electron chi connectivity index (χ1n) is 2.51. The fourth-order valence-corrected chi connectivity index (χ4v) is 0.338. The summed E-state index contributed by atoms with van der Waals surface area (Å²) in [5.74, 6) is 0. The van der Waals surface area contributed by atoms with Gasteiger partial charge in [-0.15, -0.1) is 0 Å². The van der Waals surface area contributed by atoms with Crippen molar-refractivity contribution in [3.05, 3.63) is 48.6 Å². The van der Waals surface area contributed by atoms with Gasteiger partial charge in [-0.05, 0) is 5.57 Å². The van der Waals surface area contributed by atoms with E-state index in [-0.39, 0.29) is 0 Å². The summed E-state index contributed by atoms with van der Waals surface area (Å²) in [5.41, 5.74) is 0.719. The molecule has 0 aromatic heterocycles. The maximum Gasteiger partial charge on any atom is 0.0400 e. The zero-order valence-electron chi connectivity index (χ0n) is 5.23. The van der Waals surface area contributed by atoms with E-state index in [1.165, 1.54) is 0 Å². The van der Waals surface area contributed by atoms with E-state index in [2.05, 4.69) is 19.7 Å². The minimum atomic E-state index is 0.466. The summed E-state index contributed by atoms with van der Waals surface area (Å²) >= 11 is 5.48. The highest BCUT2D eigenvalue weighted by Crippen LogP contribution is 2.09. The van der Waals surface area contributed by atoms with E-state index in [9.17, 15) is 0 Å². The number of halogens is 1. The largest absolute Gasteiger partial charge is 0.0991 e. The van der Waals surface area contributed by atoms with Crippen LogP contribution in [-0.4, -0.2) is 0 Å². The Labute approximate surface area is 60.8 Å². The first kappa shape index (κ1) is 8.25. The molecule has 0 nitrogen and oxygen atoms in total. The molecular formula is C8H9Cl. The molecule has 0 fully saturated rings. The van der Waals surface area contributed by atoms with Gasteiger partial charge in [-0.3, -0.25) is 0 Å².